The molecule has 1 aliphatic heterocycles. The number of carbonyl (C=O) groups excluding carboxylic acids is 1. The average molecular weight is 332 g/mol. The molecular weight excluding hydrogens is 313 g/mol. The van der Waals surface area contributed by atoms with Crippen LogP contribution in [0.3, 0.4) is 0 Å². The zero-order valence-electron chi connectivity index (χ0n) is 12.2. The van der Waals surface area contributed by atoms with Crippen LogP contribution in [0.5, 0.6) is 0 Å². The lowest BCUT2D eigenvalue weighted by Crippen LogP contribution is -2.44. The van der Waals surface area contributed by atoms with Crippen LogP contribution in [-0.2, 0) is 10.5 Å². The van der Waals surface area contributed by atoms with Crippen LogP contribution in [0.4, 0.5) is 13.2 Å². The molecule has 122 valence electrons. The molecule has 0 unspecified atom stereocenters. The highest BCUT2D eigenvalue weighted by Gasteiger charge is 2.42. The molecule has 0 aliphatic carbocycles. The van der Waals surface area contributed by atoms with E-state index in [4.69, 9.17) is 0 Å². The van der Waals surface area contributed by atoms with E-state index in [2.05, 4.69) is 4.98 Å². The third-order valence-corrected chi connectivity index (χ3v) is 4.67. The molecule has 7 heteroatoms. The van der Waals surface area contributed by atoms with Gasteiger partial charge in [-0.15, -0.1) is 0 Å². The molecule has 1 aliphatic rings. The van der Waals surface area contributed by atoms with Crippen molar-refractivity contribution in [2.45, 2.75) is 31.2 Å². The number of aromatic nitrogens is 1. The van der Waals surface area contributed by atoms with Crippen molar-refractivity contribution >= 4 is 17.7 Å². The van der Waals surface area contributed by atoms with Gasteiger partial charge < -0.3 is 4.90 Å². The van der Waals surface area contributed by atoms with Gasteiger partial charge in [0, 0.05) is 37.2 Å². The number of carbonyl (C=O) groups is 1. The summed E-state index contributed by atoms with van der Waals surface area (Å²) in [6.45, 7) is 0.254. The van der Waals surface area contributed by atoms with Gasteiger partial charge in [0.05, 0.1) is 11.6 Å². The maximum atomic E-state index is 12.7. The molecule has 22 heavy (non-hydrogen) atoms. The number of rotatable bonds is 5. The summed E-state index contributed by atoms with van der Waals surface area (Å²) in [5.74, 6) is -0.240. The number of likely N-dealkylation sites (tertiary alicyclic amines) is 1. The quantitative estimate of drug-likeness (QED) is 0.774. The predicted molar refractivity (Wildman–Crippen MR) is 80.4 cm³/mol. The van der Waals surface area contributed by atoms with E-state index in [0.717, 1.165) is 5.69 Å². The smallest absolute Gasteiger partial charge is 0.342 e. The van der Waals surface area contributed by atoms with Crippen molar-refractivity contribution in [1.29, 1.82) is 0 Å². The van der Waals surface area contributed by atoms with Crippen molar-refractivity contribution in [3.63, 3.8) is 0 Å². The standard InChI is InChI=1S/C15H19F3N2OS/c16-15(17,18)12-4-3-8-20(10-12)14(21)6-9-22-11-13-5-1-2-7-19-13/h1-2,5,7,12H,3-4,6,8-11H2/t12-/m1/s1. The summed E-state index contributed by atoms with van der Waals surface area (Å²) in [7, 11) is 0. The van der Waals surface area contributed by atoms with E-state index < -0.39 is 12.1 Å². The van der Waals surface area contributed by atoms with Gasteiger partial charge in [-0.05, 0) is 25.0 Å². The molecule has 0 bridgehead atoms. The van der Waals surface area contributed by atoms with Gasteiger partial charge in [-0.25, -0.2) is 0 Å². The van der Waals surface area contributed by atoms with E-state index in [9.17, 15) is 18.0 Å². The highest BCUT2D eigenvalue weighted by molar-refractivity contribution is 7.98. The van der Waals surface area contributed by atoms with Gasteiger partial charge >= 0.3 is 6.18 Å². The van der Waals surface area contributed by atoms with E-state index >= 15 is 0 Å². The molecule has 1 atom stereocenters. The van der Waals surface area contributed by atoms with Crippen LogP contribution in [-0.4, -0.2) is 40.8 Å². The Morgan fingerprint density at radius 1 is 1.41 bits per heavy atom. The van der Waals surface area contributed by atoms with Gasteiger partial charge in [0.25, 0.3) is 0 Å². The van der Waals surface area contributed by atoms with Gasteiger partial charge in [0.1, 0.15) is 0 Å². The lowest BCUT2D eigenvalue weighted by Gasteiger charge is -2.33. The summed E-state index contributed by atoms with van der Waals surface area (Å²) in [5.41, 5.74) is 0.940. The largest absolute Gasteiger partial charge is 0.393 e. The Hall–Kier alpha value is -1.24. The molecule has 1 amide bonds. The van der Waals surface area contributed by atoms with Gasteiger partial charge in [0.15, 0.2) is 0 Å². The highest BCUT2D eigenvalue weighted by atomic mass is 32.2. The number of hydrogen-bond acceptors (Lipinski definition) is 3. The minimum Gasteiger partial charge on any atom is -0.342 e. The van der Waals surface area contributed by atoms with E-state index in [-0.39, 0.29) is 25.3 Å². The normalized spacial score (nSPS) is 19.2. The third-order valence-electron chi connectivity index (χ3n) is 3.67. The maximum absolute atomic E-state index is 12.7. The maximum Gasteiger partial charge on any atom is 0.393 e. The molecule has 2 rings (SSSR count). The monoisotopic (exact) mass is 332 g/mol. The molecule has 1 aromatic heterocycles. The third kappa shape index (κ3) is 5.19. The number of alkyl halides is 3. The Morgan fingerprint density at radius 3 is 2.91 bits per heavy atom. The lowest BCUT2D eigenvalue weighted by atomic mass is 9.97. The Balaban J connectivity index is 1.71. The topological polar surface area (TPSA) is 33.2 Å². The second-order valence-corrected chi connectivity index (χ2v) is 6.45. The Kier molecular flexibility index (Phi) is 6.11. The van der Waals surface area contributed by atoms with Crippen molar-refractivity contribution in [3.8, 4) is 0 Å². The predicted octanol–water partition coefficient (Wildman–Crippen LogP) is 3.51. The Labute approximate surface area is 132 Å². The Morgan fingerprint density at radius 2 is 2.23 bits per heavy atom. The zero-order valence-corrected chi connectivity index (χ0v) is 13.0. The molecule has 0 radical (unpaired) electrons. The van der Waals surface area contributed by atoms with E-state index in [0.29, 0.717) is 24.5 Å². The number of halogens is 3. The molecule has 0 spiro atoms. The van der Waals surface area contributed by atoms with Crippen LogP contribution in [0.15, 0.2) is 24.4 Å². The van der Waals surface area contributed by atoms with Crippen molar-refractivity contribution < 1.29 is 18.0 Å². The molecule has 3 nitrogen and oxygen atoms in total. The minimum absolute atomic E-state index is 0.127. The highest BCUT2D eigenvalue weighted by Crippen LogP contribution is 2.33. The van der Waals surface area contributed by atoms with E-state index in [1.54, 1.807) is 18.0 Å². The van der Waals surface area contributed by atoms with E-state index in [1.807, 2.05) is 18.2 Å². The molecule has 1 saturated heterocycles. The summed E-state index contributed by atoms with van der Waals surface area (Å²) in [5, 5.41) is 0. The van der Waals surface area contributed by atoms with Crippen LogP contribution < -0.4 is 0 Å². The summed E-state index contributed by atoms with van der Waals surface area (Å²) < 4.78 is 38.2. The summed E-state index contributed by atoms with van der Waals surface area (Å²) in [4.78, 5) is 17.6. The first-order valence-electron chi connectivity index (χ1n) is 7.29. The van der Waals surface area contributed by atoms with Gasteiger partial charge in [-0.1, -0.05) is 6.07 Å². The fourth-order valence-electron chi connectivity index (χ4n) is 2.45. The van der Waals surface area contributed by atoms with Crippen LogP contribution in [0.2, 0.25) is 0 Å². The van der Waals surface area contributed by atoms with Crippen molar-refractivity contribution in [2.75, 3.05) is 18.8 Å². The van der Waals surface area contributed by atoms with Crippen LogP contribution in [0.25, 0.3) is 0 Å². The fourth-order valence-corrected chi connectivity index (χ4v) is 3.29. The van der Waals surface area contributed by atoms with Gasteiger partial charge in [-0.3, -0.25) is 9.78 Å². The van der Waals surface area contributed by atoms with Crippen molar-refractivity contribution in [3.05, 3.63) is 30.1 Å². The first kappa shape index (κ1) is 17.1. The van der Waals surface area contributed by atoms with Crippen LogP contribution >= 0.6 is 11.8 Å². The number of piperidine rings is 1. The molecule has 0 N–H and O–H groups in total. The molecule has 1 fully saturated rings. The van der Waals surface area contributed by atoms with E-state index in [1.165, 1.54) is 4.90 Å². The van der Waals surface area contributed by atoms with Gasteiger partial charge in [0.2, 0.25) is 5.91 Å². The van der Waals surface area contributed by atoms with Crippen LogP contribution in [0, 0.1) is 5.92 Å². The zero-order chi connectivity index (χ0) is 16.0. The number of nitrogens with zero attached hydrogens (tertiary/aromatic N) is 2. The fraction of sp³-hybridized carbons (Fsp3) is 0.600. The summed E-state index contributed by atoms with van der Waals surface area (Å²) in [6, 6.07) is 5.65. The molecular formula is C15H19F3N2OS. The first-order valence-corrected chi connectivity index (χ1v) is 8.44. The first-order chi connectivity index (χ1) is 10.5. The van der Waals surface area contributed by atoms with Gasteiger partial charge in [-0.2, -0.15) is 24.9 Å². The van der Waals surface area contributed by atoms with Crippen molar-refractivity contribution in [2.24, 2.45) is 5.92 Å². The number of hydrogen-bond donors (Lipinski definition) is 0. The lowest BCUT2D eigenvalue weighted by molar-refractivity contribution is -0.188. The molecule has 2 heterocycles. The van der Waals surface area contributed by atoms with Crippen molar-refractivity contribution in [1.82, 2.24) is 9.88 Å². The Bertz CT molecular complexity index is 481. The second-order valence-electron chi connectivity index (χ2n) is 5.34. The molecule has 0 aromatic carbocycles. The SMILES string of the molecule is O=C(CCSCc1ccccn1)N1CCC[C@@H](C(F)(F)F)C1. The number of thioether (sulfide) groups is 1. The minimum atomic E-state index is -4.20. The number of amides is 1. The molecule has 1 aromatic rings. The number of pyridine rings is 1. The van der Waals surface area contributed by atoms with Crippen LogP contribution in [0.1, 0.15) is 25.0 Å². The summed E-state index contributed by atoms with van der Waals surface area (Å²) >= 11 is 1.57. The average Bonchev–Trinajstić information content (AvgIpc) is 2.52. The molecule has 0 saturated carbocycles. The summed E-state index contributed by atoms with van der Waals surface area (Å²) in [6.07, 6.45) is -1.65. The second kappa shape index (κ2) is 7.85.